The molecule has 15 heavy (non-hydrogen) atoms. The Kier molecular flexibility index (Phi) is 2.08. The summed E-state index contributed by atoms with van der Waals surface area (Å²) in [5.74, 6) is 0.351. The molecule has 8 nitrogen and oxygen atoms in total. The van der Waals surface area contributed by atoms with Gasteiger partial charge < -0.3 is 10.3 Å². The molecule has 0 spiro atoms. The van der Waals surface area contributed by atoms with Crippen LogP contribution in [-0.2, 0) is 6.54 Å². The Labute approximate surface area is 82.4 Å². The first-order valence-electron chi connectivity index (χ1n) is 4.01. The molecule has 2 aromatic heterocycles. The summed E-state index contributed by atoms with van der Waals surface area (Å²) in [4.78, 5) is 28.0. The van der Waals surface area contributed by atoms with Gasteiger partial charge in [-0.3, -0.25) is 14.3 Å². The lowest BCUT2D eigenvalue weighted by Crippen LogP contribution is -2.31. The van der Waals surface area contributed by atoms with Crippen molar-refractivity contribution in [3.8, 4) is 0 Å². The Morgan fingerprint density at radius 2 is 2.33 bits per heavy atom. The SMILES string of the molecule is Nc1cc(=O)[nH]c(=O)n1Cc1ncon1. The zero-order valence-electron chi connectivity index (χ0n) is 7.51. The van der Waals surface area contributed by atoms with Crippen LogP contribution in [0, 0.1) is 0 Å². The zero-order valence-corrected chi connectivity index (χ0v) is 7.51. The molecule has 0 aromatic carbocycles. The third-order valence-electron chi connectivity index (χ3n) is 1.77. The number of H-pyrrole nitrogens is 1. The molecule has 2 heterocycles. The smallest absolute Gasteiger partial charge is 0.330 e. The fourth-order valence-electron chi connectivity index (χ4n) is 1.11. The van der Waals surface area contributed by atoms with Crippen molar-refractivity contribution in [2.45, 2.75) is 6.54 Å². The maximum absolute atomic E-state index is 11.3. The van der Waals surface area contributed by atoms with Crippen LogP contribution in [0.5, 0.6) is 0 Å². The fraction of sp³-hybridized carbons (Fsp3) is 0.143. The van der Waals surface area contributed by atoms with Gasteiger partial charge >= 0.3 is 5.69 Å². The van der Waals surface area contributed by atoms with Crippen LogP contribution in [0.4, 0.5) is 5.82 Å². The van der Waals surface area contributed by atoms with Crippen molar-refractivity contribution in [3.63, 3.8) is 0 Å². The highest BCUT2D eigenvalue weighted by atomic mass is 16.5. The van der Waals surface area contributed by atoms with Gasteiger partial charge in [0.05, 0.1) is 6.54 Å². The third kappa shape index (κ3) is 1.77. The molecule has 2 aromatic rings. The summed E-state index contributed by atoms with van der Waals surface area (Å²) in [6.45, 7) is 0.0535. The van der Waals surface area contributed by atoms with E-state index in [9.17, 15) is 9.59 Å². The van der Waals surface area contributed by atoms with Crippen molar-refractivity contribution in [1.82, 2.24) is 19.7 Å². The summed E-state index contributed by atoms with van der Waals surface area (Å²) < 4.78 is 5.63. The highest BCUT2D eigenvalue weighted by molar-refractivity contribution is 5.26. The number of anilines is 1. The first-order chi connectivity index (χ1) is 7.16. The third-order valence-corrected chi connectivity index (χ3v) is 1.77. The summed E-state index contributed by atoms with van der Waals surface area (Å²) in [6, 6.07) is 1.11. The van der Waals surface area contributed by atoms with E-state index in [2.05, 4.69) is 19.6 Å². The normalized spacial score (nSPS) is 10.4. The standard InChI is InChI=1S/C7H7N5O3/c8-4-1-6(13)10-7(14)12(4)2-5-9-3-15-11-5/h1,3H,2,8H2,(H,10,13,14). The van der Waals surface area contributed by atoms with Gasteiger partial charge in [-0.2, -0.15) is 4.98 Å². The topological polar surface area (TPSA) is 120 Å². The van der Waals surface area contributed by atoms with Crippen LogP contribution in [0.1, 0.15) is 5.82 Å². The largest absolute Gasteiger partial charge is 0.385 e. The summed E-state index contributed by atoms with van der Waals surface area (Å²) in [5, 5.41) is 3.52. The number of nitrogens with one attached hydrogen (secondary N) is 1. The number of nitrogens with two attached hydrogens (primary N) is 1. The van der Waals surface area contributed by atoms with Gasteiger partial charge in [-0.1, -0.05) is 5.16 Å². The number of nitrogens with zero attached hydrogens (tertiary/aromatic N) is 3. The molecule has 78 valence electrons. The minimum Gasteiger partial charge on any atom is -0.385 e. The number of aromatic amines is 1. The van der Waals surface area contributed by atoms with Crippen LogP contribution in [0.2, 0.25) is 0 Å². The Morgan fingerprint density at radius 1 is 1.53 bits per heavy atom. The molecule has 0 saturated carbocycles. The molecule has 0 atom stereocenters. The molecule has 0 amide bonds. The van der Waals surface area contributed by atoms with Gasteiger partial charge in [-0.05, 0) is 0 Å². The van der Waals surface area contributed by atoms with E-state index in [1.165, 1.54) is 0 Å². The van der Waals surface area contributed by atoms with Crippen LogP contribution >= 0.6 is 0 Å². The van der Waals surface area contributed by atoms with E-state index in [4.69, 9.17) is 5.73 Å². The van der Waals surface area contributed by atoms with Crippen LogP contribution in [0.25, 0.3) is 0 Å². The van der Waals surface area contributed by atoms with E-state index in [-0.39, 0.29) is 12.4 Å². The van der Waals surface area contributed by atoms with Crippen molar-refractivity contribution in [1.29, 1.82) is 0 Å². The first-order valence-corrected chi connectivity index (χ1v) is 4.01. The molecule has 8 heteroatoms. The highest BCUT2D eigenvalue weighted by Crippen LogP contribution is 1.97. The lowest BCUT2D eigenvalue weighted by molar-refractivity contribution is 0.408. The minimum atomic E-state index is -0.607. The van der Waals surface area contributed by atoms with Gasteiger partial charge in [-0.25, -0.2) is 4.79 Å². The second-order valence-electron chi connectivity index (χ2n) is 2.80. The average Bonchev–Trinajstić information content (AvgIpc) is 2.63. The molecular formula is C7H7N5O3. The van der Waals surface area contributed by atoms with Gasteiger partial charge in [0.25, 0.3) is 5.56 Å². The average molecular weight is 209 g/mol. The molecule has 0 unspecified atom stereocenters. The maximum atomic E-state index is 11.3. The van der Waals surface area contributed by atoms with Crippen molar-refractivity contribution in [2.75, 3.05) is 5.73 Å². The monoisotopic (exact) mass is 209 g/mol. The van der Waals surface area contributed by atoms with E-state index < -0.39 is 11.2 Å². The first kappa shape index (κ1) is 9.19. The minimum absolute atomic E-state index is 0.0496. The molecular weight excluding hydrogens is 202 g/mol. The Hall–Kier alpha value is -2.38. The second kappa shape index (κ2) is 3.40. The summed E-state index contributed by atoms with van der Waals surface area (Å²) in [6.07, 6.45) is 1.14. The summed E-state index contributed by atoms with van der Waals surface area (Å²) in [5.41, 5.74) is 4.35. The predicted octanol–water partition coefficient (Wildman–Crippen LogP) is -1.45. The van der Waals surface area contributed by atoms with Crippen molar-refractivity contribution >= 4 is 5.82 Å². The number of nitrogen functional groups attached to an aromatic ring is 1. The number of hydrogen-bond donors (Lipinski definition) is 2. The highest BCUT2D eigenvalue weighted by Gasteiger charge is 2.06. The fourth-order valence-corrected chi connectivity index (χ4v) is 1.11. The van der Waals surface area contributed by atoms with Gasteiger partial charge in [0.2, 0.25) is 6.39 Å². The van der Waals surface area contributed by atoms with E-state index >= 15 is 0 Å². The second-order valence-corrected chi connectivity index (χ2v) is 2.80. The Bertz CT molecular complexity index is 567. The molecule has 0 aliphatic heterocycles. The molecule has 3 N–H and O–H groups in total. The predicted molar refractivity (Wildman–Crippen MR) is 49.1 cm³/mol. The van der Waals surface area contributed by atoms with Gasteiger partial charge in [0.1, 0.15) is 5.82 Å². The van der Waals surface area contributed by atoms with Crippen molar-refractivity contribution in [2.24, 2.45) is 0 Å². The number of aromatic nitrogens is 4. The molecule has 0 saturated heterocycles. The van der Waals surface area contributed by atoms with Gasteiger partial charge in [-0.15, -0.1) is 0 Å². The number of rotatable bonds is 2. The van der Waals surface area contributed by atoms with E-state index in [1.54, 1.807) is 0 Å². The Morgan fingerprint density at radius 3 is 2.93 bits per heavy atom. The molecule has 0 radical (unpaired) electrons. The van der Waals surface area contributed by atoms with E-state index in [0.29, 0.717) is 5.82 Å². The zero-order chi connectivity index (χ0) is 10.8. The van der Waals surface area contributed by atoms with Crippen LogP contribution in [0.3, 0.4) is 0 Å². The molecule has 0 aliphatic rings. The van der Waals surface area contributed by atoms with Gasteiger partial charge in [0.15, 0.2) is 5.82 Å². The van der Waals surface area contributed by atoms with Crippen molar-refractivity contribution in [3.05, 3.63) is 39.1 Å². The quantitative estimate of drug-likeness (QED) is 0.624. The molecule has 0 bridgehead atoms. The molecule has 2 rings (SSSR count). The number of hydrogen-bond acceptors (Lipinski definition) is 6. The Balaban J connectivity index is 2.45. The van der Waals surface area contributed by atoms with Gasteiger partial charge in [0, 0.05) is 6.07 Å². The molecule has 0 aliphatic carbocycles. The molecule has 0 fully saturated rings. The van der Waals surface area contributed by atoms with Crippen molar-refractivity contribution < 1.29 is 4.52 Å². The van der Waals surface area contributed by atoms with E-state index in [1.807, 2.05) is 0 Å². The lowest BCUT2D eigenvalue weighted by atomic mass is 10.5. The van der Waals surface area contributed by atoms with Crippen LogP contribution < -0.4 is 17.0 Å². The van der Waals surface area contributed by atoms with Crippen LogP contribution in [-0.4, -0.2) is 19.7 Å². The lowest BCUT2D eigenvalue weighted by Gasteiger charge is -2.04. The summed E-state index contributed by atoms with van der Waals surface area (Å²) in [7, 11) is 0. The maximum Gasteiger partial charge on any atom is 0.330 e. The van der Waals surface area contributed by atoms with Crippen LogP contribution in [0.15, 0.2) is 26.6 Å². The summed E-state index contributed by atoms with van der Waals surface area (Å²) >= 11 is 0. The van der Waals surface area contributed by atoms with E-state index in [0.717, 1.165) is 17.0 Å².